The fraction of sp³-hybridized carbons (Fsp3) is 0.625. The van der Waals surface area contributed by atoms with Crippen molar-refractivity contribution in [1.29, 1.82) is 0 Å². The first-order valence-electron chi connectivity index (χ1n) is 11.3. The van der Waals surface area contributed by atoms with Crippen LogP contribution >= 0.6 is 12.6 Å². The molecule has 0 spiro atoms. The normalized spacial score (nSPS) is 14.1. The zero-order valence-corrected chi connectivity index (χ0v) is 21.1. The van der Waals surface area contributed by atoms with Gasteiger partial charge >= 0.3 is 6.09 Å². The molecule has 0 aromatic heterocycles. The van der Waals surface area contributed by atoms with E-state index < -0.39 is 23.8 Å². The molecule has 1 aromatic rings. The van der Waals surface area contributed by atoms with E-state index in [1.807, 2.05) is 44.2 Å². The van der Waals surface area contributed by atoms with Crippen LogP contribution in [0.2, 0.25) is 0 Å². The molecule has 0 aliphatic heterocycles. The predicted octanol–water partition coefficient (Wildman–Crippen LogP) is 4.09. The zero-order valence-electron chi connectivity index (χ0n) is 20.2. The monoisotopic (exact) mass is 465 g/mol. The van der Waals surface area contributed by atoms with Gasteiger partial charge in [-0.1, -0.05) is 50.6 Å². The highest BCUT2D eigenvalue weighted by atomic mass is 32.1. The van der Waals surface area contributed by atoms with Crippen LogP contribution in [0.1, 0.15) is 72.4 Å². The third-order valence-electron chi connectivity index (χ3n) is 4.70. The molecule has 1 aromatic carbocycles. The second-order valence-corrected chi connectivity index (χ2v) is 9.29. The number of ether oxygens (including phenoxy) is 1. The van der Waals surface area contributed by atoms with E-state index in [9.17, 15) is 14.4 Å². The summed E-state index contributed by atoms with van der Waals surface area (Å²) in [6, 6.07) is 7.47. The molecule has 0 fully saturated rings. The Kier molecular flexibility index (Phi) is 11.6. The summed E-state index contributed by atoms with van der Waals surface area (Å²) in [5.74, 6) is -0.540. The first-order valence-corrected chi connectivity index (χ1v) is 11.9. The van der Waals surface area contributed by atoms with Gasteiger partial charge < -0.3 is 20.3 Å². The maximum Gasteiger partial charge on any atom is 0.408 e. The summed E-state index contributed by atoms with van der Waals surface area (Å²) in [6.07, 6.45) is 1.74. The Morgan fingerprint density at radius 3 is 2.19 bits per heavy atom. The number of hydrogen-bond donors (Lipinski definition) is 3. The van der Waals surface area contributed by atoms with Gasteiger partial charge in [0.2, 0.25) is 11.8 Å². The van der Waals surface area contributed by atoms with E-state index in [4.69, 9.17) is 4.74 Å². The van der Waals surface area contributed by atoms with Crippen LogP contribution in [-0.4, -0.2) is 52.8 Å². The highest BCUT2D eigenvalue weighted by molar-refractivity contribution is 7.80. The lowest BCUT2D eigenvalue weighted by Crippen LogP contribution is -2.54. The molecule has 0 saturated heterocycles. The summed E-state index contributed by atoms with van der Waals surface area (Å²) >= 11 is 4.28. The molecule has 0 heterocycles. The Labute approximate surface area is 198 Å². The van der Waals surface area contributed by atoms with E-state index in [-0.39, 0.29) is 23.6 Å². The number of carbonyl (C=O) groups excluding carboxylic acids is 3. The molecule has 3 amide bonds. The van der Waals surface area contributed by atoms with Gasteiger partial charge in [0.15, 0.2) is 0 Å². The molecule has 0 aliphatic carbocycles. The number of thiol groups is 1. The van der Waals surface area contributed by atoms with Crippen molar-refractivity contribution < 1.29 is 19.1 Å². The van der Waals surface area contributed by atoms with Gasteiger partial charge in [0.1, 0.15) is 17.7 Å². The van der Waals surface area contributed by atoms with E-state index in [1.54, 1.807) is 20.8 Å². The molecule has 32 heavy (non-hydrogen) atoms. The van der Waals surface area contributed by atoms with Crippen LogP contribution in [0.4, 0.5) is 4.79 Å². The van der Waals surface area contributed by atoms with Crippen molar-refractivity contribution >= 4 is 30.5 Å². The molecule has 180 valence electrons. The Bertz CT molecular complexity index is 737. The van der Waals surface area contributed by atoms with Crippen molar-refractivity contribution in [3.63, 3.8) is 0 Å². The van der Waals surface area contributed by atoms with E-state index in [0.717, 1.165) is 12.8 Å². The Morgan fingerprint density at radius 1 is 1.06 bits per heavy atom. The van der Waals surface area contributed by atoms with Gasteiger partial charge in [-0.2, -0.15) is 12.6 Å². The fourth-order valence-electron chi connectivity index (χ4n) is 3.38. The van der Waals surface area contributed by atoms with Gasteiger partial charge in [-0.25, -0.2) is 4.79 Å². The first kappa shape index (κ1) is 27.8. The lowest BCUT2D eigenvalue weighted by molar-refractivity contribution is -0.142. The summed E-state index contributed by atoms with van der Waals surface area (Å²) < 4.78 is 5.30. The Hall–Kier alpha value is -2.22. The molecule has 3 atom stereocenters. The van der Waals surface area contributed by atoms with E-state index in [2.05, 4.69) is 30.2 Å². The molecule has 8 heteroatoms. The van der Waals surface area contributed by atoms with Crippen LogP contribution in [0.15, 0.2) is 30.3 Å². The average Bonchev–Trinajstić information content (AvgIpc) is 2.70. The minimum atomic E-state index is -0.924. The predicted molar refractivity (Wildman–Crippen MR) is 131 cm³/mol. The SMILES string of the molecule is CCCC(C)NC(=O)C(c1ccccc1)N(CCC)C(=O)C(CS)NC(=O)OC(C)(C)C. The molecule has 0 radical (unpaired) electrons. The Balaban J connectivity index is 3.23. The molecule has 0 bridgehead atoms. The maximum atomic E-state index is 13.5. The molecule has 3 unspecified atom stereocenters. The number of hydrogen-bond acceptors (Lipinski definition) is 5. The second-order valence-electron chi connectivity index (χ2n) is 8.92. The molecule has 0 aliphatic rings. The minimum Gasteiger partial charge on any atom is -0.444 e. The number of benzene rings is 1. The van der Waals surface area contributed by atoms with E-state index in [1.165, 1.54) is 4.90 Å². The third kappa shape index (κ3) is 9.10. The van der Waals surface area contributed by atoms with Crippen molar-refractivity contribution in [2.45, 2.75) is 84.5 Å². The molecular weight excluding hydrogens is 426 g/mol. The van der Waals surface area contributed by atoms with E-state index >= 15 is 0 Å². The Morgan fingerprint density at radius 2 is 1.69 bits per heavy atom. The van der Waals surface area contributed by atoms with Gasteiger partial charge in [-0.05, 0) is 46.1 Å². The first-order chi connectivity index (χ1) is 15.0. The summed E-state index contributed by atoms with van der Waals surface area (Å²) in [6.45, 7) is 11.6. The third-order valence-corrected chi connectivity index (χ3v) is 5.07. The average molecular weight is 466 g/mol. The smallest absolute Gasteiger partial charge is 0.408 e. The maximum absolute atomic E-state index is 13.5. The van der Waals surface area contributed by atoms with Crippen molar-refractivity contribution in [2.75, 3.05) is 12.3 Å². The van der Waals surface area contributed by atoms with Gasteiger partial charge in [-0.3, -0.25) is 9.59 Å². The quantitative estimate of drug-likeness (QED) is 0.430. The molecular formula is C24H39N3O4S. The van der Waals surface area contributed by atoms with Gasteiger partial charge in [0, 0.05) is 18.3 Å². The summed E-state index contributed by atoms with van der Waals surface area (Å²) in [4.78, 5) is 40.7. The van der Waals surface area contributed by atoms with Crippen LogP contribution < -0.4 is 10.6 Å². The van der Waals surface area contributed by atoms with Crippen molar-refractivity contribution in [1.82, 2.24) is 15.5 Å². The van der Waals surface area contributed by atoms with Crippen LogP contribution in [0.5, 0.6) is 0 Å². The summed E-state index contributed by atoms with van der Waals surface area (Å²) in [5, 5.41) is 5.65. The molecule has 1 rings (SSSR count). The molecule has 7 nitrogen and oxygen atoms in total. The standard InChI is InChI=1S/C24H39N3O4S/c1-7-12-17(3)25-21(28)20(18-13-10-9-11-14-18)27(15-8-2)22(29)19(16-32)26-23(30)31-24(4,5)6/h9-11,13-14,17,19-20,32H,7-8,12,15-16H2,1-6H3,(H,25,28)(H,26,30). The van der Waals surface area contributed by atoms with Crippen molar-refractivity contribution in [2.24, 2.45) is 0 Å². The fourth-order valence-corrected chi connectivity index (χ4v) is 3.63. The van der Waals surface area contributed by atoms with Gasteiger partial charge in [0.25, 0.3) is 0 Å². The van der Waals surface area contributed by atoms with Gasteiger partial charge in [-0.15, -0.1) is 0 Å². The molecule has 0 saturated carbocycles. The second kappa shape index (κ2) is 13.4. The number of rotatable bonds is 11. The lowest BCUT2D eigenvalue weighted by Gasteiger charge is -2.34. The topological polar surface area (TPSA) is 87.7 Å². The van der Waals surface area contributed by atoms with Crippen molar-refractivity contribution in [3.05, 3.63) is 35.9 Å². The minimum absolute atomic E-state index is 0.0159. The summed E-state index contributed by atoms with van der Waals surface area (Å²) in [7, 11) is 0. The van der Waals surface area contributed by atoms with Crippen LogP contribution in [-0.2, 0) is 14.3 Å². The number of nitrogens with zero attached hydrogens (tertiary/aromatic N) is 1. The van der Waals surface area contributed by atoms with E-state index in [0.29, 0.717) is 18.5 Å². The molecule has 2 N–H and O–H groups in total. The number of amides is 3. The van der Waals surface area contributed by atoms with Crippen molar-refractivity contribution in [3.8, 4) is 0 Å². The van der Waals surface area contributed by atoms with Crippen LogP contribution in [0.3, 0.4) is 0 Å². The lowest BCUT2D eigenvalue weighted by atomic mass is 10.0. The van der Waals surface area contributed by atoms with Crippen LogP contribution in [0, 0.1) is 0 Å². The largest absolute Gasteiger partial charge is 0.444 e. The summed E-state index contributed by atoms with van der Waals surface area (Å²) in [5.41, 5.74) is 0.0184. The number of alkyl carbamates (subject to hydrolysis) is 1. The highest BCUT2D eigenvalue weighted by Gasteiger charge is 2.35. The zero-order chi connectivity index (χ0) is 24.3. The number of nitrogens with one attached hydrogen (secondary N) is 2. The number of carbonyl (C=O) groups is 3. The van der Waals surface area contributed by atoms with Crippen LogP contribution in [0.25, 0.3) is 0 Å². The van der Waals surface area contributed by atoms with Gasteiger partial charge in [0.05, 0.1) is 0 Å². The highest BCUT2D eigenvalue weighted by Crippen LogP contribution is 2.23.